The second-order valence-electron chi connectivity index (χ2n) is 16.9. The topological polar surface area (TPSA) is 361 Å². The van der Waals surface area contributed by atoms with Gasteiger partial charge in [-0.2, -0.15) is 0 Å². The van der Waals surface area contributed by atoms with Crippen molar-refractivity contribution in [3.05, 3.63) is 0 Å². The maximum Gasteiger partial charge on any atom is 0.339 e. The van der Waals surface area contributed by atoms with Crippen molar-refractivity contribution in [1.29, 1.82) is 0 Å². The van der Waals surface area contributed by atoms with Crippen LogP contribution in [0, 0.1) is 0 Å². The summed E-state index contributed by atoms with van der Waals surface area (Å²) in [7, 11) is 0. The molecule has 4 saturated heterocycles. The molecule has 0 aromatic carbocycles. The second-order valence-corrected chi connectivity index (χ2v) is 16.9. The number of ether oxygens (including phenoxy) is 13. The van der Waals surface area contributed by atoms with Crippen molar-refractivity contribution in [2.45, 2.75) is 180 Å². The standard InChI is InChI=1S/C43H59N3O25/c1-15(2)59-43(58)39-35(68-24(11)54)31(64-20(7)50)27(71-39)14-46-42(57)38-34(67-23(10)53)30(63-19(6)49)26(70-38)13-45-41(56)37-33(66-22(9)52)29(62-18(5)48)25(69-37)12-44-40(55)36-32(65-21(8)51)28(16(3)60-36)61-17(4)47/h15-16,25-39H,12-14H2,1-11H3,(H,44,55)(H,45,56)(H,46,57)/t16-,25-,26-,27-,28-,29-,30-,31-,32+,33+,34+,35+,36-,37-,38-,39-/m1/s1. The molecular weight excluding hydrogens is 958 g/mol. The van der Waals surface area contributed by atoms with E-state index in [9.17, 15) is 57.5 Å². The van der Waals surface area contributed by atoms with Gasteiger partial charge in [0.1, 0.15) is 18.3 Å². The predicted octanol–water partition coefficient (Wildman–Crippen LogP) is -3.17. The lowest BCUT2D eigenvalue weighted by Crippen LogP contribution is -2.50. The molecule has 4 aliphatic heterocycles. The van der Waals surface area contributed by atoms with Gasteiger partial charge in [0.15, 0.2) is 73.2 Å². The number of esters is 9. The number of hydrogen-bond acceptors (Lipinski definition) is 25. The van der Waals surface area contributed by atoms with Crippen LogP contribution in [-0.2, 0) is 119 Å². The summed E-state index contributed by atoms with van der Waals surface area (Å²) < 4.78 is 71.4. The van der Waals surface area contributed by atoms with Gasteiger partial charge in [-0.25, -0.2) is 4.79 Å². The lowest BCUT2D eigenvalue weighted by Gasteiger charge is -2.25. The van der Waals surface area contributed by atoms with Gasteiger partial charge in [-0.3, -0.25) is 52.7 Å². The maximum atomic E-state index is 14.0. The van der Waals surface area contributed by atoms with E-state index in [-0.39, 0.29) is 0 Å². The van der Waals surface area contributed by atoms with Crippen molar-refractivity contribution in [3.8, 4) is 0 Å². The van der Waals surface area contributed by atoms with Gasteiger partial charge < -0.3 is 77.5 Å². The molecule has 0 radical (unpaired) electrons. The van der Waals surface area contributed by atoms with Crippen LogP contribution in [0.25, 0.3) is 0 Å². The van der Waals surface area contributed by atoms with Crippen LogP contribution in [0.3, 0.4) is 0 Å². The highest BCUT2D eigenvalue weighted by Crippen LogP contribution is 2.32. The number of carbonyl (C=O) groups is 12. The van der Waals surface area contributed by atoms with Crippen LogP contribution in [0.1, 0.15) is 76.2 Å². The van der Waals surface area contributed by atoms with Gasteiger partial charge in [0, 0.05) is 75.0 Å². The summed E-state index contributed by atoms with van der Waals surface area (Å²) in [5, 5.41) is 7.45. The molecule has 28 nitrogen and oxygen atoms in total. The molecule has 4 fully saturated rings. The third-order valence-electron chi connectivity index (χ3n) is 10.6. The normalized spacial score (nSPS) is 31.8. The fourth-order valence-corrected chi connectivity index (χ4v) is 8.17. The molecule has 0 spiro atoms. The number of rotatable bonds is 19. The van der Waals surface area contributed by atoms with Crippen LogP contribution in [0.15, 0.2) is 0 Å². The van der Waals surface area contributed by atoms with Crippen molar-refractivity contribution in [3.63, 3.8) is 0 Å². The Bertz CT molecular complexity index is 2060. The van der Waals surface area contributed by atoms with Crippen molar-refractivity contribution in [2.24, 2.45) is 0 Å². The minimum atomic E-state index is -1.79. The average molecular weight is 1020 g/mol. The van der Waals surface area contributed by atoms with Crippen molar-refractivity contribution >= 4 is 71.4 Å². The molecule has 3 N–H and O–H groups in total. The Morgan fingerprint density at radius 2 is 0.606 bits per heavy atom. The summed E-state index contributed by atoms with van der Waals surface area (Å²) in [5.74, 6) is -11.0. The summed E-state index contributed by atoms with van der Waals surface area (Å²) in [6, 6.07) is 0. The summed E-state index contributed by atoms with van der Waals surface area (Å²) in [6.07, 6.45) is -24.5. The second kappa shape index (κ2) is 25.0. The summed E-state index contributed by atoms with van der Waals surface area (Å²) >= 11 is 0. The fraction of sp³-hybridized carbons (Fsp3) is 0.721. The summed E-state index contributed by atoms with van der Waals surface area (Å²) in [5.41, 5.74) is 0. The van der Waals surface area contributed by atoms with E-state index in [0.717, 1.165) is 55.4 Å². The highest BCUT2D eigenvalue weighted by atomic mass is 16.7. The Balaban J connectivity index is 1.55. The molecule has 4 rings (SSSR count). The Hall–Kier alpha value is -6.52. The third-order valence-corrected chi connectivity index (χ3v) is 10.6. The predicted molar refractivity (Wildman–Crippen MR) is 225 cm³/mol. The van der Waals surface area contributed by atoms with Crippen LogP contribution in [0.2, 0.25) is 0 Å². The molecule has 28 heteroatoms. The Morgan fingerprint density at radius 1 is 0.366 bits per heavy atom. The Kier molecular flexibility index (Phi) is 20.1. The van der Waals surface area contributed by atoms with Gasteiger partial charge in [-0.05, 0) is 20.8 Å². The molecule has 3 amide bonds. The van der Waals surface area contributed by atoms with E-state index in [0.29, 0.717) is 0 Å². The van der Waals surface area contributed by atoms with Crippen molar-refractivity contribution < 1.29 is 119 Å². The smallest absolute Gasteiger partial charge is 0.339 e. The van der Waals surface area contributed by atoms with Gasteiger partial charge in [-0.1, -0.05) is 0 Å². The number of carbonyl (C=O) groups excluding carboxylic acids is 12. The maximum absolute atomic E-state index is 14.0. The first-order valence-corrected chi connectivity index (χ1v) is 22.2. The number of hydrogen-bond donors (Lipinski definition) is 3. The van der Waals surface area contributed by atoms with E-state index in [1.165, 1.54) is 6.92 Å². The van der Waals surface area contributed by atoms with E-state index in [4.69, 9.17) is 61.6 Å². The molecule has 4 aliphatic rings. The van der Waals surface area contributed by atoms with E-state index >= 15 is 0 Å². The van der Waals surface area contributed by atoms with Gasteiger partial charge in [-0.15, -0.1) is 0 Å². The molecule has 0 unspecified atom stereocenters. The molecule has 0 saturated carbocycles. The first-order chi connectivity index (χ1) is 33.2. The molecule has 0 aromatic heterocycles. The zero-order chi connectivity index (χ0) is 53.2. The molecule has 0 bridgehead atoms. The van der Waals surface area contributed by atoms with E-state index in [1.54, 1.807) is 13.8 Å². The minimum absolute atomic E-state index is 0.542. The molecule has 396 valence electrons. The third kappa shape index (κ3) is 15.5. The molecule has 0 aliphatic carbocycles. The van der Waals surface area contributed by atoms with Gasteiger partial charge in [0.2, 0.25) is 0 Å². The van der Waals surface area contributed by atoms with Crippen LogP contribution in [0.5, 0.6) is 0 Å². The molecular formula is C43H59N3O25. The van der Waals surface area contributed by atoms with E-state index in [1.807, 2.05) is 0 Å². The van der Waals surface area contributed by atoms with Crippen LogP contribution in [0.4, 0.5) is 0 Å². The number of nitrogens with one attached hydrogen (secondary N) is 3. The minimum Gasteiger partial charge on any atom is -0.461 e. The van der Waals surface area contributed by atoms with Crippen LogP contribution >= 0.6 is 0 Å². The Morgan fingerprint density at radius 3 is 0.901 bits per heavy atom. The largest absolute Gasteiger partial charge is 0.461 e. The van der Waals surface area contributed by atoms with Gasteiger partial charge >= 0.3 is 53.7 Å². The Labute approximate surface area is 405 Å². The summed E-state index contributed by atoms with van der Waals surface area (Å²) in [6.45, 7) is 11.1. The fourth-order valence-electron chi connectivity index (χ4n) is 8.17. The lowest BCUT2D eigenvalue weighted by atomic mass is 10.0. The first kappa shape index (κ1) is 57.1. The van der Waals surface area contributed by atoms with Crippen LogP contribution < -0.4 is 16.0 Å². The zero-order valence-electron chi connectivity index (χ0n) is 40.6. The summed E-state index contributed by atoms with van der Waals surface area (Å²) in [4.78, 5) is 152. The highest BCUT2D eigenvalue weighted by Gasteiger charge is 2.57. The average Bonchev–Trinajstić information content (AvgIpc) is 3.94. The van der Waals surface area contributed by atoms with Crippen LogP contribution in [-0.4, -0.2) is 195 Å². The quantitative estimate of drug-likeness (QED) is 0.0849. The molecule has 16 atom stereocenters. The SMILES string of the molecule is CC(=O)O[C@H]1[C@H](OC(C)=O)[C@H](C(=O)NC[C@H]2O[C@@H](C(=O)NC[C@H]3O[C@@H](C(=O)NC[C@H]4O[C@@H](C(=O)OC(C)C)[C@@H](OC(C)=O)[C@@H]4OC(C)=O)[C@@H](OC(C)=O)[C@@H]3OC(C)=O)[C@@H](OC(C)=O)[C@@H]2OC(C)=O)O[C@@H]1C. The van der Waals surface area contributed by atoms with Gasteiger partial charge in [0.25, 0.3) is 17.7 Å². The van der Waals surface area contributed by atoms with Gasteiger partial charge in [0.05, 0.1) is 12.2 Å². The van der Waals surface area contributed by atoms with E-state index in [2.05, 4.69) is 16.0 Å². The van der Waals surface area contributed by atoms with E-state index < -0.39 is 195 Å². The lowest BCUT2D eigenvalue weighted by molar-refractivity contribution is -0.172. The number of amides is 3. The zero-order valence-corrected chi connectivity index (χ0v) is 40.6. The molecule has 4 heterocycles. The van der Waals surface area contributed by atoms with Crippen molar-refractivity contribution in [1.82, 2.24) is 16.0 Å². The molecule has 71 heavy (non-hydrogen) atoms. The monoisotopic (exact) mass is 1020 g/mol. The van der Waals surface area contributed by atoms with Crippen molar-refractivity contribution in [2.75, 3.05) is 19.6 Å². The highest BCUT2D eigenvalue weighted by molar-refractivity contribution is 5.85. The molecule has 0 aromatic rings. The first-order valence-electron chi connectivity index (χ1n) is 22.2.